The summed E-state index contributed by atoms with van der Waals surface area (Å²) in [6.45, 7) is 0.951. The number of rotatable bonds is 4. The Morgan fingerprint density at radius 3 is 2.78 bits per heavy atom. The van der Waals surface area contributed by atoms with Crippen LogP contribution in [-0.2, 0) is 10.0 Å². The first-order valence-corrected chi connectivity index (χ1v) is 10.3. The number of benzene rings is 1. The predicted octanol–water partition coefficient (Wildman–Crippen LogP) is 2.62. The number of nitrogens with two attached hydrogens (primary N) is 1. The number of sulfonamides is 1. The van der Waals surface area contributed by atoms with Crippen LogP contribution in [0.15, 0.2) is 59.8 Å². The molecule has 3 aromatic rings. The number of nitrogens with zero attached hydrogens (tertiary/aromatic N) is 3. The summed E-state index contributed by atoms with van der Waals surface area (Å²) in [4.78, 5) is 4.36. The summed E-state index contributed by atoms with van der Waals surface area (Å²) in [6, 6.07) is 12.3. The van der Waals surface area contributed by atoms with E-state index in [1.165, 1.54) is 0 Å². The van der Waals surface area contributed by atoms with Crippen molar-refractivity contribution < 1.29 is 8.42 Å². The van der Waals surface area contributed by atoms with Crippen LogP contribution in [0.25, 0.3) is 11.1 Å². The molecule has 140 valence electrons. The normalized spacial score (nSPS) is 18.4. The van der Waals surface area contributed by atoms with Gasteiger partial charge in [0.05, 0.1) is 11.1 Å². The molecule has 0 radical (unpaired) electrons. The molecule has 0 unspecified atom stereocenters. The summed E-state index contributed by atoms with van der Waals surface area (Å²) in [5.74, 6) is 0.487. The molecule has 4 rings (SSSR count). The number of H-pyrrole nitrogens is 1. The number of nitrogen functional groups attached to an aromatic ring is 1. The van der Waals surface area contributed by atoms with Gasteiger partial charge in [0.2, 0.25) is 10.0 Å². The molecule has 1 aromatic carbocycles. The van der Waals surface area contributed by atoms with Crippen LogP contribution in [0.5, 0.6) is 0 Å². The minimum absolute atomic E-state index is 0.0455. The van der Waals surface area contributed by atoms with Gasteiger partial charge in [-0.05, 0) is 42.7 Å². The van der Waals surface area contributed by atoms with Crippen LogP contribution in [0, 0.1) is 0 Å². The molecule has 27 heavy (non-hydrogen) atoms. The zero-order valence-corrected chi connectivity index (χ0v) is 15.6. The smallest absolute Gasteiger partial charge is 0.243 e. The number of nitrogens with one attached hydrogen (secondary N) is 1. The number of anilines is 1. The average Bonchev–Trinajstić information content (AvgIpc) is 3.19. The Balaban J connectivity index is 1.63. The van der Waals surface area contributed by atoms with Crippen LogP contribution in [0.1, 0.15) is 24.5 Å². The largest absolute Gasteiger partial charge is 0.384 e. The van der Waals surface area contributed by atoms with Gasteiger partial charge in [-0.25, -0.2) is 13.4 Å². The Hall–Kier alpha value is -2.71. The average molecular weight is 383 g/mol. The fourth-order valence-electron chi connectivity index (χ4n) is 3.59. The molecule has 0 aliphatic carbocycles. The van der Waals surface area contributed by atoms with Gasteiger partial charge in [-0.15, -0.1) is 0 Å². The number of aromatic amines is 1. The minimum Gasteiger partial charge on any atom is -0.384 e. The van der Waals surface area contributed by atoms with Gasteiger partial charge >= 0.3 is 0 Å². The van der Waals surface area contributed by atoms with E-state index in [1.807, 2.05) is 12.1 Å². The third-order valence-corrected chi connectivity index (χ3v) is 6.81. The molecule has 1 aliphatic rings. The molecule has 0 spiro atoms. The highest BCUT2D eigenvalue weighted by molar-refractivity contribution is 7.89. The molecule has 1 saturated heterocycles. The van der Waals surface area contributed by atoms with Crippen LogP contribution >= 0.6 is 0 Å². The third-order valence-electron chi connectivity index (χ3n) is 4.93. The zero-order chi connectivity index (χ0) is 18.9. The molecule has 8 heteroatoms. The summed E-state index contributed by atoms with van der Waals surface area (Å²) < 4.78 is 27.5. The van der Waals surface area contributed by atoms with Crippen molar-refractivity contribution in [2.45, 2.75) is 23.7 Å². The van der Waals surface area contributed by atoms with Crippen molar-refractivity contribution in [1.29, 1.82) is 0 Å². The maximum absolute atomic E-state index is 13.0. The summed E-state index contributed by atoms with van der Waals surface area (Å²) >= 11 is 0. The fourth-order valence-corrected chi connectivity index (χ4v) is 5.14. The van der Waals surface area contributed by atoms with Gasteiger partial charge in [0, 0.05) is 36.5 Å². The van der Waals surface area contributed by atoms with E-state index < -0.39 is 10.0 Å². The van der Waals surface area contributed by atoms with Crippen LogP contribution in [0.4, 0.5) is 5.82 Å². The van der Waals surface area contributed by atoms with E-state index in [0.29, 0.717) is 23.8 Å². The van der Waals surface area contributed by atoms with Gasteiger partial charge in [-0.3, -0.25) is 5.10 Å². The molecule has 0 amide bonds. The molecular weight excluding hydrogens is 362 g/mol. The lowest BCUT2D eigenvalue weighted by Crippen LogP contribution is -2.39. The van der Waals surface area contributed by atoms with Crippen LogP contribution in [0.2, 0.25) is 0 Å². The molecule has 2 aromatic heterocycles. The molecule has 7 nitrogen and oxygen atoms in total. The van der Waals surface area contributed by atoms with Crippen molar-refractivity contribution >= 4 is 15.8 Å². The molecule has 3 heterocycles. The summed E-state index contributed by atoms with van der Waals surface area (Å²) in [5, 5.41) is 7.27. The van der Waals surface area contributed by atoms with Crippen molar-refractivity contribution in [2.75, 3.05) is 18.8 Å². The van der Waals surface area contributed by atoms with Crippen molar-refractivity contribution in [3.05, 3.63) is 60.6 Å². The Bertz CT molecular complexity index is 1030. The predicted molar refractivity (Wildman–Crippen MR) is 103 cm³/mol. The monoisotopic (exact) mass is 383 g/mol. The second kappa shape index (κ2) is 7.13. The fraction of sp³-hybridized carbons (Fsp3) is 0.263. The Labute approximate surface area is 158 Å². The maximum atomic E-state index is 13.0. The number of aromatic nitrogens is 3. The lowest BCUT2D eigenvalue weighted by molar-refractivity contribution is 0.313. The van der Waals surface area contributed by atoms with E-state index >= 15 is 0 Å². The van der Waals surface area contributed by atoms with Gasteiger partial charge < -0.3 is 5.73 Å². The molecule has 0 saturated carbocycles. The number of piperidine rings is 1. The summed E-state index contributed by atoms with van der Waals surface area (Å²) in [7, 11) is -3.50. The van der Waals surface area contributed by atoms with Gasteiger partial charge in [0.25, 0.3) is 0 Å². The third kappa shape index (κ3) is 3.45. The second-order valence-corrected chi connectivity index (χ2v) is 8.62. The van der Waals surface area contributed by atoms with Crippen LogP contribution in [0.3, 0.4) is 0 Å². The van der Waals surface area contributed by atoms with Crippen molar-refractivity contribution in [2.24, 2.45) is 0 Å². The zero-order valence-electron chi connectivity index (χ0n) is 14.7. The Kier molecular flexibility index (Phi) is 4.67. The minimum atomic E-state index is -3.50. The SMILES string of the molecule is Nc1cc(-c2cn[nH]c2[C@@H]2CCCN(S(=O)(=O)c3ccccc3)C2)ccn1. The standard InChI is InChI=1S/C19H21N5O2S/c20-18-11-14(8-9-21-18)17-12-22-23-19(17)15-5-4-10-24(13-15)27(25,26)16-6-2-1-3-7-16/h1-3,6-9,11-12,15H,4-5,10,13H2,(H2,20,21)(H,22,23)/t15-/m1/s1. The molecule has 1 atom stereocenters. The first-order valence-electron chi connectivity index (χ1n) is 8.86. The van der Waals surface area contributed by atoms with E-state index in [4.69, 9.17) is 5.73 Å². The maximum Gasteiger partial charge on any atom is 0.243 e. The number of hydrogen-bond donors (Lipinski definition) is 2. The lowest BCUT2D eigenvalue weighted by Gasteiger charge is -2.32. The van der Waals surface area contributed by atoms with Gasteiger partial charge in [0.15, 0.2) is 0 Å². The van der Waals surface area contributed by atoms with Crippen molar-refractivity contribution in [1.82, 2.24) is 19.5 Å². The van der Waals surface area contributed by atoms with E-state index in [2.05, 4.69) is 15.2 Å². The van der Waals surface area contributed by atoms with Gasteiger partial charge in [0.1, 0.15) is 5.82 Å². The Morgan fingerprint density at radius 2 is 2.00 bits per heavy atom. The van der Waals surface area contributed by atoms with Gasteiger partial charge in [-0.1, -0.05) is 18.2 Å². The molecular formula is C19H21N5O2S. The lowest BCUT2D eigenvalue weighted by atomic mass is 9.92. The molecule has 1 fully saturated rings. The van der Waals surface area contributed by atoms with Gasteiger partial charge in [-0.2, -0.15) is 9.40 Å². The molecule has 1 aliphatic heterocycles. The van der Waals surface area contributed by atoms with E-state index in [9.17, 15) is 8.42 Å². The van der Waals surface area contributed by atoms with Crippen LogP contribution in [-0.4, -0.2) is 41.0 Å². The first kappa shape index (κ1) is 17.7. The van der Waals surface area contributed by atoms with Crippen molar-refractivity contribution in [3.63, 3.8) is 0 Å². The second-order valence-electron chi connectivity index (χ2n) is 6.68. The topological polar surface area (TPSA) is 105 Å². The number of hydrogen-bond acceptors (Lipinski definition) is 5. The summed E-state index contributed by atoms with van der Waals surface area (Å²) in [6.07, 6.45) is 5.12. The molecule has 3 N–H and O–H groups in total. The summed E-state index contributed by atoms with van der Waals surface area (Å²) in [5.41, 5.74) is 8.61. The van der Waals surface area contributed by atoms with Crippen LogP contribution < -0.4 is 5.73 Å². The highest BCUT2D eigenvalue weighted by Crippen LogP contribution is 2.34. The Morgan fingerprint density at radius 1 is 1.19 bits per heavy atom. The van der Waals surface area contributed by atoms with Crippen molar-refractivity contribution in [3.8, 4) is 11.1 Å². The highest BCUT2D eigenvalue weighted by atomic mass is 32.2. The van der Waals surface area contributed by atoms with E-state index in [0.717, 1.165) is 29.7 Å². The molecule has 0 bridgehead atoms. The van der Waals surface area contributed by atoms with E-state index in [-0.39, 0.29) is 5.92 Å². The number of pyridine rings is 1. The quantitative estimate of drug-likeness (QED) is 0.720. The van der Waals surface area contributed by atoms with E-state index in [1.54, 1.807) is 47.0 Å². The highest BCUT2D eigenvalue weighted by Gasteiger charge is 2.32. The first-order chi connectivity index (χ1) is 13.1.